The number of carbonyl (C=O) groups is 1. The first-order valence-corrected chi connectivity index (χ1v) is 5.41. The average molecular weight is 197 g/mol. The highest BCUT2D eigenvalue weighted by Crippen LogP contribution is 2.29. The maximum atomic E-state index is 11.5. The second kappa shape index (κ2) is 3.87. The molecule has 80 valence electrons. The van der Waals surface area contributed by atoms with Gasteiger partial charge in [0.2, 0.25) is 5.91 Å². The SMILES string of the molecule is CN1CCC(NC(=O)C2CC2)C(N)C1. The second-order valence-corrected chi connectivity index (χ2v) is 4.60. The lowest BCUT2D eigenvalue weighted by atomic mass is 10.0. The summed E-state index contributed by atoms with van der Waals surface area (Å²) in [6.45, 7) is 1.92. The van der Waals surface area contributed by atoms with Crippen molar-refractivity contribution in [3.8, 4) is 0 Å². The van der Waals surface area contributed by atoms with Crippen LogP contribution < -0.4 is 11.1 Å². The van der Waals surface area contributed by atoms with E-state index in [0.717, 1.165) is 32.4 Å². The Labute approximate surface area is 84.8 Å². The smallest absolute Gasteiger partial charge is 0.223 e. The van der Waals surface area contributed by atoms with Crippen molar-refractivity contribution in [2.75, 3.05) is 20.1 Å². The molecule has 0 bridgehead atoms. The normalized spacial score (nSPS) is 34.1. The van der Waals surface area contributed by atoms with Crippen LogP contribution in [-0.4, -0.2) is 43.0 Å². The lowest BCUT2D eigenvalue weighted by molar-refractivity contribution is -0.123. The van der Waals surface area contributed by atoms with Crippen LogP contribution >= 0.6 is 0 Å². The molecule has 2 aliphatic rings. The zero-order chi connectivity index (χ0) is 10.1. The first-order chi connectivity index (χ1) is 6.66. The molecule has 0 aromatic carbocycles. The van der Waals surface area contributed by atoms with E-state index in [-0.39, 0.29) is 18.0 Å². The summed E-state index contributed by atoms with van der Waals surface area (Å²) in [4.78, 5) is 13.7. The number of rotatable bonds is 2. The van der Waals surface area contributed by atoms with Crippen LogP contribution in [0.1, 0.15) is 19.3 Å². The number of nitrogens with one attached hydrogen (secondary N) is 1. The van der Waals surface area contributed by atoms with E-state index in [1.54, 1.807) is 0 Å². The molecule has 0 aromatic rings. The van der Waals surface area contributed by atoms with Gasteiger partial charge < -0.3 is 16.0 Å². The maximum Gasteiger partial charge on any atom is 0.223 e. The Hall–Kier alpha value is -0.610. The van der Waals surface area contributed by atoms with Crippen molar-refractivity contribution in [1.82, 2.24) is 10.2 Å². The molecule has 1 aliphatic heterocycles. The van der Waals surface area contributed by atoms with Gasteiger partial charge in [-0.3, -0.25) is 4.79 Å². The number of likely N-dealkylation sites (N-methyl/N-ethyl adjacent to an activating group) is 1. The van der Waals surface area contributed by atoms with Crippen molar-refractivity contribution in [2.45, 2.75) is 31.3 Å². The molecule has 14 heavy (non-hydrogen) atoms. The standard InChI is InChI=1S/C10H19N3O/c1-13-5-4-9(8(11)6-13)12-10(14)7-2-3-7/h7-9H,2-6,11H2,1H3,(H,12,14). The van der Waals surface area contributed by atoms with Crippen LogP contribution in [0.5, 0.6) is 0 Å². The van der Waals surface area contributed by atoms with E-state index in [0.29, 0.717) is 5.92 Å². The molecule has 1 amide bonds. The van der Waals surface area contributed by atoms with Crippen LogP contribution in [0, 0.1) is 5.92 Å². The molecule has 3 N–H and O–H groups in total. The van der Waals surface area contributed by atoms with Crippen molar-refractivity contribution < 1.29 is 4.79 Å². The van der Waals surface area contributed by atoms with Crippen LogP contribution in [0.2, 0.25) is 0 Å². The van der Waals surface area contributed by atoms with E-state index < -0.39 is 0 Å². The summed E-state index contributed by atoms with van der Waals surface area (Å²) >= 11 is 0. The second-order valence-electron chi connectivity index (χ2n) is 4.60. The summed E-state index contributed by atoms with van der Waals surface area (Å²) in [7, 11) is 2.07. The minimum absolute atomic E-state index is 0.0939. The van der Waals surface area contributed by atoms with E-state index in [1.165, 1.54) is 0 Å². The molecule has 1 saturated heterocycles. The molecule has 1 saturated carbocycles. The molecule has 2 fully saturated rings. The molecule has 1 heterocycles. The lowest BCUT2D eigenvalue weighted by Gasteiger charge is -2.34. The first-order valence-electron chi connectivity index (χ1n) is 5.41. The molecular formula is C10H19N3O. The summed E-state index contributed by atoms with van der Waals surface area (Å²) in [6, 6.07) is 0.288. The third-order valence-corrected chi connectivity index (χ3v) is 3.14. The Kier molecular flexibility index (Phi) is 2.74. The molecule has 0 radical (unpaired) electrons. The van der Waals surface area contributed by atoms with Gasteiger partial charge in [0.15, 0.2) is 0 Å². The molecule has 4 nitrogen and oxygen atoms in total. The average Bonchev–Trinajstić information content (AvgIpc) is 2.92. The quantitative estimate of drug-likeness (QED) is 0.630. The molecule has 2 atom stereocenters. The third-order valence-electron chi connectivity index (χ3n) is 3.14. The minimum Gasteiger partial charge on any atom is -0.351 e. The molecule has 2 unspecified atom stereocenters. The zero-order valence-electron chi connectivity index (χ0n) is 8.70. The van der Waals surface area contributed by atoms with Crippen molar-refractivity contribution in [1.29, 1.82) is 0 Å². The van der Waals surface area contributed by atoms with Crippen LogP contribution in [0.3, 0.4) is 0 Å². The van der Waals surface area contributed by atoms with E-state index in [4.69, 9.17) is 5.73 Å². The van der Waals surface area contributed by atoms with Gasteiger partial charge in [-0.05, 0) is 32.9 Å². The van der Waals surface area contributed by atoms with Gasteiger partial charge in [-0.25, -0.2) is 0 Å². The van der Waals surface area contributed by atoms with Crippen molar-refractivity contribution in [2.24, 2.45) is 11.7 Å². The molecule has 2 rings (SSSR count). The number of likely N-dealkylation sites (tertiary alicyclic amines) is 1. The van der Waals surface area contributed by atoms with Crippen LogP contribution in [0.15, 0.2) is 0 Å². The van der Waals surface area contributed by atoms with Gasteiger partial charge in [0.1, 0.15) is 0 Å². The highest BCUT2D eigenvalue weighted by molar-refractivity contribution is 5.81. The van der Waals surface area contributed by atoms with E-state index in [1.807, 2.05) is 0 Å². The van der Waals surface area contributed by atoms with Crippen LogP contribution in [-0.2, 0) is 4.79 Å². The fourth-order valence-corrected chi connectivity index (χ4v) is 1.98. The van der Waals surface area contributed by atoms with Crippen LogP contribution in [0.25, 0.3) is 0 Å². The summed E-state index contributed by atoms with van der Waals surface area (Å²) < 4.78 is 0. The number of piperidine rings is 1. The highest BCUT2D eigenvalue weighted by Gasteiger charge is 2.33. The first kappa shape index (κ1) is 9.93. The van der Waals surface area contributed by atoms with E-state index >= 15 is 0 Å². The Balaban J connectivity index is 1.81. The Bertz CT molecular complexity index is 227. The van der Waals surface area contributed by atoms with Gasteiger partial charge in [0, 0.05) is 24.5 Å². The molecule has 1 aliphatic carbocycles. The fraction of sp³-hybridized carbons (Fsp3) is 0.900. The third kappa shape index (κ3) is 2.25. The van der Waals surface area contributed by atoms with Gasteiger partial charge in [0.25, 0.3) is 0 Å². The van der Waals surface area contributed by atoms with Crippen molar-refractivity contribution in [3.63, 3.8) is 0 Å². The topological polar surface area (TPSA) is 58.4 Å². The monoisotopic (exact) mass is 197 g/mol. The summed E-state index contributed by atoms with van der Waals surface area (Å²) in [5.41, 5.74) is 5.98. The molecular weight excluding hydrogens is 178 g/mol. The van der Waals surface area contributed by atoms with Crippen molar-refractivity contribution >= 4 is 5.91 Å². The predicted octanol–water partition coefficient (Wildman–Crippen LogP) is -0.456. The highest BCUT2D eigenvalue weighted by atomic mass is 16.2. The van der Waals surface area contributed by atoms with Gasteiger partial charge in [0.05, 0.1) is 0 Å². The van der Waals surface area contributed by atoms with Crippen molar-refractivity contribution in [3.05, 3.63) is 0 Å². The number of nitrogens with zero attached hydrogens (tertiary/aromatic N) is 1. The number of carbonyl (C=O) groups excluding carboxylic acids is 1. The van der Waals surface area contributed by atoms with Crippen LogP contribution in [0.4, 0.5) is 0 Å². The molecule has 0 spiro atoms. The van der Waals surface area contributed by atoms with E-state index in [2.05, 4.69) is 17.3 Å². The fourth-order valence-electron chi connectivity index (χ4n) is 1.98. The van der Waals surface area contributed by atoms with E-state index in [9.17, 15) is 4.79 Å². The summed E-state index contributed by atoms with van der Waals surface area (Å²) in [5.74, 6) is 0.511. The number of amides is 1. The maximum absolute atomic E-state index is 11.5. The van der Waals surface area contributed by atoms with Gasteiger partial charge >= 0.3 is 0 Å². The number of nitrogens with two attached hydrogens (primary N) is 1. The number of hydrogen-bond donors (Lipinski definition) is 2. The Morgan fingerprint density at radius 2 is 2.14 bits per heavy atom. The Morgan fingerprint density at radius 3 is 2.71 bits per heavy atom. The summed E-state index contributed by atoms with van der Waals surface area (Å²) in [5, 5.41) is 3.06. The van der Waals surface area contributed by atoms with Gasteiger partial charge in [-0.1, -0.05) is 0 Å². The Morgan fingerprint density at radius 1 is 1.43 bits per heavy atom. The minimum atomic E-state index is 0.0939. The summed E-state index contributed by atoms with van der Waals surface area (Å²) in [6.07, 6.45) is 3.11. The largest absolute Gasteiger partial charge is 0.351 e. The molecule has 0 aromatic heterocycles. The predicted molar refractivity (Wildman–Crippen MR) is 54.7 cm³/mol. The molecule has 4 heteroatoms. The number of hydrogen-bond acceptors (Lipinski definition) is 3. The van der Waals surface area contributed by atoms with Gasteiger partial charge in [-0.15, -0.1) is 0 Å². The lowest BCUT2D eigenvalue weighted by Crippen LogP contribution is -2.57. The zero-order valence-corrected chi connectivity index (χ0v) is 8.70. The van der Waals surface area contributed by atoms with Gasteiger partial charge in [-0.2, -0.15) is 0 Å².